The molecule has 7 aromatic heterocycles. The summed E-state index contributed by atoms with van der Waals surface area (Å²) in [6.07, 6.45) is 8.56. The van der Waals surface area contributed by atoms with Gasteiger partial charge in [0, 0.05) is 70.3 Å². The predicted octanol–water partition coefficient (Wildman–Crippen LogP) is 11.9. The van der Waals surface area contributed by atoms with E-state index >= 15 is 0 Å². The van der Waals surface area contributed by atoms with Crippen molar-refractivity contribution in [3.8, 4) is 50.8 Å². The lowest BCUT2D eigenvalue weighted by atomic mass is 10.1. The first-order valence-corrected chi connectivity index (χ1v) is 39.2. The van der Waals surface area contributed by atoms with Crippen molar-refractivity contribution in [3.05, 3.63) is 252 Å². The van der Waals surface area contributed by atoms with Crippen LogP contribution in [0.1, 0.15) is 119 Å². The van der Waals surface area contributed by atoms with Crippen LogP contribution in [0.5, 0.6) is 0 Å². The largest absolute Gasteiger partial charge is 0.481 e. The molecule has 0 unspecified atom stereocenters. The smallest absolute Gasteiger partial charge is 0.305 e. The normalized spacial score (nSPS) is 12.6. The Labute approximate surface area is 704 Å². The monoisotopic (exact) mass is 1710 g/mol. The summed E-state index contributed by atoms with van der Waals surface area (Å²) >= 11 is 38.0. The van der Waals surface area contributed by atoms with Crippen molar-refractivity contribution in [1.82, 2.24) is 127 Å². The molecule has 39 heteroatoms. The van der Waals surface area contributed by atoms with Crippen LogP contribution in [0.15, 0.2) is 159 Å². The van der Waals surface area contributed by atoms with Crippen molar-refractivity contribution in [2.45, 2.75) is 110 Å². The molecule has 608 valence electrons. The molecule has 0 bridgehead atoms. The number of aliphatic carboxylic acids is 1. The molecule has 1 fully saturated rings. The molecule has 0 saturated carbocycles. The average Bonchev–Trinajstić information content (AvgIpc) is 1.66. The van der Waals surface area contributed by atoms with Crippen LogP contribution >= 0.6 is 69.6 Å². The maximum absolute atomic E-state index is 13.3. The molecule has 0 radical (unpaired) electrons. The van der Waals surface area contributed by atoms with Gasteiger partial charge in [-0.1, -0.05) is 159 Å². The van der Waals surface area contributed by atoms with E-state index < -0.39 is 24.1 Å². The van der Waals surface area contributed by atoms with Crippen LogP contribution < -0.4 is 21.3 Å². The minimum atomic E-state index is -1.09. The quantitative estimate of drug-likeness (QED) is 0.0216. The van der Waals surface area contributed by atoms with Crippen LogP contribution in [0.25, 0.3) is 50.8 Å². The topological polar surface area (TPSA) is 426 Å². The van der Waals surface area contributed by atoms with Gasteiger partial charge >= 0.3 is 5.97 Å². The van der Waals surface area contributed by atoms with Crippen molar-refractivity contribution in [2.24, 2.45) is 0 Å². The van der Waals surface area contributed by atoms with Gasteiger partial charge in [-0.25, -0.2) is 29.0 Å². The number of aryl methyl sites for hydroxylation is 7. The number of morpholine rings is 1. The van der Waals surface area contributed by atoms with E-state index in [-0.39, 0.29) is 85.6 Å². The summed E-state index contributed by atoms with van der Waals surface area (Å²) in [5, 5.41) is 57.2. The molecule has 3 atom stereocenters. The van der Waals surface area contributed by atoms with Gasteiger partial charge in [0.15, 0.2) is 0 Å². The Morgan fingerprint density at radius 2 is 0.822 bits per heavy atom. The lowest BCUT2D eigenvalue weighted by molar-refractivity contribution is -0.138. The zero-order valence-corrected chi connectivity index (χ0v) is 68.3. The molecule has 1 aliphatic rings. The van der Waals surface area contributed by atoms with Crippen LogP contribution in [-0.2, 0) is 59.3 Å². The highest BCUT2D eigenvalue weighted by Gasteiger charge is 2.30. The van der Waals surface area contributed by atoms with Gasteiger partial charge in [0.05, 0.1) is 91.8 Å². The van der Waals surface area contributed by atoms with E-state index in [0.29, 0.717) is 117 Å². The third-order valence-corrected chi connectivity index (χ3v) is 20.1. The number of imidazole rings is 3. The number of tetrazole rings is 3. The summed E-state index contributed by atoms with van der Waals surface area (Å²) in [5.41, 5.74) is 13.1. The SMILES string of the molecule is Cc1ccc(-c2nc([C@H](CC(=O)N3CCOCC3)NC(=O)CCc3cc(Cl)ccc3-n3cnnn3)[nH]c2Cl)cc1.Cc1ccc(-c2nc([C@H](CC(=O)NCc3cnc(C)cn3)NC(=O)CCc3cc(Cl)ccc3-n3cnnn3)[nH]c2Cl)cc1.Cc1ccc(-c2nc([C@H](CC(=O)O)NC(=O)CCc3cc(Cl)ccc3-n3cnnn3)[nH]c2Cl)cc1. The van der Waals surface area contributed by atoms with Crippen molar-refractivity contribution >= 4 is 105 Å². The van der Waals surface area contributed by atoms with Gasteiger partial charge < -0.3 is 51.0 Å². The number of carbonyl (C=O) groups is 6. The standard InChI is InChI=1S/C29H28Cl2N10O2.C27H28Cl2N8O3.C23H21Cl2N7O3/c1-17-3-5-19(6-4-17)27-28(31)38-29(37-27)23(12-26(43)34-15-22-14-32-18(2)13-33-22)36-25(42)10-7-20-11-21(30)8-9-24(20)41-16-35-39-40-41;1-17-2-4-18(5-3-17)25-26(29)33-27(32-25)21(15-24(39)36-10-12-40-13-11-36)31-23(38)9-6-19-14-20(28)7-8-22(19)37-16-30-34-35-37;1-13-2-4-14(5-3-13)21-22(25)29-23(28-21)17(11-20(34)35)27-19(33)9-6-15-10-16(24)7-8-18(15)32-12-26-30-31-32/h3-6,8-9,11,13-14,16,23H,7,10,12,15H2,1-2H3,(H,34,43)(H,36,42)(H,37,38);2-5,7-8,14,16,21H,6,9-13,15H2,1H3,(H,31,38)(H,32,33);2-5,7-8,10,12,17H,6,9,11H2,1H3,(H,27,33)(H,28,29)(H,34,35)/t23-;21-;17-/m000/s1. The lowest BCUT2D eigenvalue weighted by Crippen LogP contribution is -2.42. The number of aromatic nitrogens is 20. The minimum absolute atomic E-state index is 0.0238. The van der Waals surface area contributed by atoms with E-state index in [9.17, 15) is 33.9 Å². The summed E-state index contributed by atoms with van der Waals surface area (Å²) in [5.74, 6) is -1.39. The van der Waals surface area contributed by atoms with Gasteiger partial charge in [0.2, 0.25) is 29.5 Å². The van der Waals surface area contributed by atoms with Gasteiger partial charge in [-0.3, -0.25) is 38.7 Å². The molecule has 8 heterocycles. The number of carboxylic acid groups (broad SMARTS) is 1. The number of carbonyl (C=O) groups excluding carboxylic acids is 5. The number of amides is 5. The minimum Gasteiger partial charge on any atom is -0.481 e. The molecule has 8 N–H and O–H groups in total. The Morgan fingerprint density at radius 1 is 0.458 bits per heavy atom. The second-order valence-corrected chi connectivity index (χ2v) is 29.8. The number of H-pyrrole nitrogens is 3. The molecule has 1 saturated heterocycles. The summed E-state index contributed by atoms with van der Waals surface area (Å²) < 4.78 is 9.88. The van der Waals surface area contributed by atoms with E-state index in [4.69, 9.17) is 79.3 Å². The molecule has 0 aliphatic carbocycles. The van der Waals surface area contributed by atoms with Gasteiger partial charge in [-0.15, -0.1) is 15.3 Å². The summed E-state index contributed by atoms with van der Waals surface area (Å²) in [7, 11) is 0. The molecule has 33 nitrogen and oxygen atoms in total. The molecular weight excluding hydrogens is 1640 g/mol. The molecule has 6 aromatic carbocycles. The molecule has 0 spiro atoms. The summed E-state index contributed by atoms with van der Waals surface area (Å²) in [6, 6.07) is 36.6. The van der Waals surface area contributed by atoms with Crippen LogP contribution in [0.4, 0.5) is 0 Å². The summed E-state index contributed by atoms with van der Waals surface area (Å²) in [4.78, 5) is 110. The maximum atomic E-state index is 13.3. The Morgan fingerprint density at radius 3 is 1.16 bits per heavy atom. The highest BCUT2D eigenvalue weighted by Crippen LogP contribution is 2.34. The number of ether oxygens (including phenoxy) is 1. The molecule has 118 heavy (non-hydrogen) atoms. The van der Waals surface area contributed by atoms with Crippen LogP contribution in [-0.4, -0.2) is 172 Å². The molecule has 5 amide bonds. The van der Waals surface area contributed by atoms with Crippen LogP contribution in [0.3, 0.4) is 0 Å². The molecule has 13 aromatic rings. The second-order valence-electron chi connectivity index (χ2n) is 27.3. The second kappa shape index (κ2) is 40.6. The highest BCUT2D eigenvalue weighted by atomic mass is 35.5. The van der Waals surface area contributed by atoms with Crippen LogP contribution in [0, 0.1) is 27.7 Å². The Bertz CT molecular complexity index is 5590. The fourth-order valence-electron chi connectivity index (χ4n) is 12.5. The van der Waals surface area contributed by atoms with Crippen LogP contribution in [0.2, 0.25) is 30.5 Å². The first kappa shape index (κ1) is 85.1. The number of nitrogens with one attached hydrogen (secondary N) is 7. The Balaban J connectivity index is 0.000000164. The highest BCUT2D eigenvalue weighted by molar-refractivity contribution is 6.33. The van der Waals surface area contributed by atoms with Crippen molar-refractivity contribution in [3.63, 3.8) is 0 Å². The zero-order valence-electron chi connectivity index (χ0n) is 63.8. The van der Waals surface area contributed by atoms with E-state index in [1.54, 1.807) is 71.9 Å². The first-order chi connectivity index (χ1) is 56.9. The van der Waals surface area contributed by atoms with Gasteiger partial charge in [0.1, 0.15) is 69.0 Å². The third kappa shape index (κ3) is 23.5. The predicted molar refractivity (Wildman–Crippen MR) is 439 cm³/mol. The first-order valence-electron chi connectivity index (χ1n) is 36.9. The van der Waals surface area contributed by atoms with Crippen molar-refractivity contribution in [2.75, 3.05) is 26.3 Å². The van der Waals surface area contributed by atoms with E-state index in [2.05, 4.69) is 103 Å². The van der Waals surface area contributed by atoms with E-state index in [1.165, 1.54) is 33.0 Å². The van der Waals surface area contributed by atoms with E-state index in [1.807, 2.05) is 100 Å². The maximum Gasteiger partial charge on any atom is 0.305 e. The van der Waals surface area contributed by atoms with Crippen molar-refractivity contribution < 1.29 is 38.6 Å². The van der Waals surface area contributed by atoms with Gasteiger partial charge in [-0.05, 0) is 150 Å². The average molecular weight is 1720 g/mol. The number of carboxylic acids is 1. The number of rotatable bonds is 29. The fraction of sp³-hybridized carbons (Fsp3) is 0.266. The number of hydrogen-bond donors (Lipinski definition) is 8. The molecule has 1 aliphatic heterocycles. The number of nitrogens with zero attached hydrogens (tertiary/aromatic N) is 18. The molecule has 14 rings (SSSR count). The third-order valence-electron chi connectivity index (χ3n) is 18.6. The lowest BCUT2D eigenvalue weighted by Gasteiger charge is -2.28. The van der Waals surface area contributed by atoms with Gasteiger partial charge in [-0.2, -0.15) is 0 Å². The van der Waals surface area contributed by atoms with E-state index in [0.717, 1.165) is 61.5 Å². The fourth-order valence-corrected chi connectivity index (χ4v) is 13.8. The number of aromatic amines is 3. The number of benzene rings is 6. The summed E-state index contributed by atoms with van der Waals surface area (Å²) in [6.45, 7) is 9.95. The number of hydrogen-bond acceptors (Lipinski definition) is 21. The Hall–Kier alpha value is -12.2. The van der Waals surface area contributed by atoms with Gasteiger partial charge in [0.25, 0.3) is 0 Å². The Kier molecular flexibility index (Phi) is 29.3. The van der Waals surface area contributed by atoms with Crippen molar-refractivity contribution in [1.29, 1.82) is 0 Å². The number of halogens is 6. The molecular formula is C79H77Cl6N25O8. The zero-order chi connectivity index (χ0) is 83.4.